The highest BCUT2D eigenvalue weighted by Gasteiger charge is 2.48. The van der Waals surface area contributed by atoms with Crippen molar-refractivity contribution in [3.8, 4) is 39.3 Å². The average molecular weight is 701 g/mol. The van der Waals surface area contributed by atoms with E-state index >= 15 is 0 Å². The standard InChI is InChI=1S/C51H44N2O/c1-49(2,3)34-22-25-37-38-26-23-35(50(4,5)6)30-44(38)51(43(37)29-34,47-18-12-13-27-52-47)36-21-19-33-20-24-39-41(32-14-8-7-9-15-32)31-45(53-48(39)42(33)28-36)40-16-10-11-17-46(40)54/h7-31,54H,1-6H3. The first-order valence-electron chi connectivity index (χ1n) is 18.9. The van der Waals surface area contributed by atoms with Crippen LogP contribution in [0.15, 0.2) is 152 Å². The normalized spacial score (nSPS) is 13.6. The Labute approximate surface area is 318 Å². The summed E-state index contributed by atoms with van der Waals surface area (Å²) in [6, 6.07) is 51.9. The second-order valence-corrected chi connectivity index (χ2v) is 16.8. The largest absolute Gasteiger partial charge is 0.507 e. The highest BCUT2D eigenvalue weighted by Crippen LogP contribution is 2.57. The predicted octanol–water partition coefficient (Wildman–Crippen LogP) is 12.8. The fourth-order valence-electron chi connectivity index (χ4n) is 8.50. The number of hydrogen-bond acceptors (Lipinski definition) is 3. The summed E-state index contributed by atoms with van der Waals surface area (Å²) in [7, 11) is 0. The van der Waals surface area contributed by atoms with Gasteiger partial charge in [-0.25, -0.2) is 4.98 Å². The molecule has 8 aromatic rings. The summed E-state index contributed by atoms with van der Waals surface area (Å²) >= 11 is 0. The summed E-state index contributed by atoms with van der Waals surface area (Å²) in [5.41, 5.74) is 13.4. The summed E-state index contributed by atoms with van der Waals surface area (Å²) in [4.78, 5) is 10.6. The first-order chi connectivity index (χ1) is 25.9. The van der Waals surface area contributed by atoms with E-state index in [1.54, 1.807) is 6.07 Å². The number of para-hydroxylation sites is 1. The maximum atomic E-state index is 11.1. The summed E-state index contributed by atoms with van der Waals surface area (Å²) in [5.74, 6) is 0.210. The molecule has 0 radical (unpaired) electrons. The third kappa shape index (κ3) is 5.25. The fraction of sp³-hybridized carbons (Fsp3) is 0.176. The van der Waals surface area contributed by atoms with Crippen LogP contribution in [0.3, 0.4) is 0 Å². The van der Waals surface area contributed by atoms with Gasteiger partial charge in [0, 0.05) is 22.5 Å². The minimum absolute atomic E-state index is 0.0486. The highest BCUT2D eigenvalue weighted by molar-refractivity contribution is 6.11. The van der Waals surface area contributed by atoms with Crippen molar-refractivity contribution in [2.45, 2.75) is 57.8 Å². The van der Waals surface area contributed by atoms with Crippen molar-refractivity contribution >= 4 is 21.7 Å². The minimum atomic E-state index is -0.692. The van der Waals surface area contributed by atoms with Gasteiger partial charge >= 0.3 is 0 Å². The van der Waals surface area contributed by atoms with Crippen LogP contribution in [0.25, 0.3) is 55.2 Å². The third-order valence-electron chi connectivity index (χ3n) is 11.4. The molecule has 0 unspecified atom stereocenters. The Kier molecular flexibility index (Phi) is 7.66. The lowest BCUT2D eigenvalue weighted by molar-refractivity contribution is 0.477. The Balaban J connectivity index is 1.43. The molecule has 0 bridgehead atoms. The van der Waals surface area contributed by atoms with Crippen LogP contribution in [-0.4, -0.2) is 15.1 Å². The van der Waals surface area contributed by atoms with Gasteiger partial charge in [-0.05, 0) is 103 Å². The van der Waals surface area contributed by atoms with Crippen LogP contribution < -0.4 is 0 Å². The number of phenolic OH excluding ortho intramolecular Hbond substituents is 1. The van der Waals surface area contributed by atoms with Gasteiger partial charge in [0.2, 0.25) is 0 Å². The maximum Gasteiger partial charge on any atom is 0.124 e. The molecule has 0 spiro atoms. The van der Waals surface area contributed by atoms with Crippen LogP contribution in [0.4, 0.5) is 0 Å². The van der Waals surface area contributed by atoms with Gasteiger partial charge in [-0.3, -0.25) is 4.98 Å². The van der Waals surface area contributed by atoms with Crippen LogP contribution in [0.2, 0.25) is 0 Å². The molecule has 264 valence electrons. The Morgan fingerprint density at radius 3 is 1.78 bits per heavy atom. The Morgan fingerprint density at radius 1 is 0.519 bits per heavy atom. The van der Waals surface area contributed by atoms with E-state index in [2.05, 4.69) is 151 Å². The number of rotatable bonds is 4. The molecule has 1 N–H and O–H groups in total. The summed E-state index contributed by atoms with van der Waals surface area (Å²) in [6.07, 6.45) is 1.93. The van der Waals surface area contributed by atoms with Gasteiger partial charge in [0.05, 0.1) is 22.3 Å². The number of pyridine rings is 2. The van der Waals surface area contributed by atoms with E-state index < -0.39 is 5.41 Å². The monoisotopic (exact) mass is 700 g/mol. The van der Waals surface area contributed by atoms with Gasteiger partial charge in [0.15, 0.2) is 0 Å². The molecule has 9 rings (SSSR count). The number of nitrogens with zero attached hydrogens (tertiary/aromatic N) is 2. The molecule has 2 heterocycles. The SMILES string of the molecule is CC(C)(C)c1ccc2c(c1)C(c1ccc3ccc4c(-c5ccccc5)cc(-c5ccccc5O)nc4c3c1)(c1ccccn1)c1cc(C(C)(C)C)ccc1-2. The average Bonchev–Trinajstić information content (AvgIpc) is 3.47. The lowest BCUT2D eigenvalue weighted by Crippen LogP contribution is -2.30. The van der Waals surface area contributed by atoms with Crippen molar-refractivity contribution in [2.24, 2.45) is 0 Å². The zero-order chi connectivity index (χ0) is 37.4. The number of aromatic hydroxyl groups is 1. The predicted molar refractivity (Wildman–Crippen MR) is 224 cm³/mol. The molecule has 0 saturated heterocycles. The smallest absolute Gasteiger partial charge is 0.124 e. The van der Waals surface area contributed by atoms with E-state index in [0.29, 0.717) is 5.56 Å². The summed E-state index contributed by atoms with van der Waals surface area (Å²) in [5, 5.41) is 14.3. The van der Waals surface area contributed by atoms with Crippen molar-refractivity contribution in [3.05, 3.63) is 185 Å². The summed E-state index contributed by atoms with van der Waals surface area (Å²) < 4.78 is 0. The van der Waals surface area contributed by atoms with Gasteiger partial charge < -0.3 is 5.11 Å². The van der Waals surface area contributed by atoms with Crippen LogP contribution >= 0.6 is 0 Å². The van der Waals surface area contributed by atoms with Crippen LogP contribution in [0, 0.1) is 0 Å². The quantitative estimate of drug-likeness (QED) is 0.186. The Hall–Kier alpha value is -6.06. The van der Waals surface area contributed by atoms with Gasteiger partial charge in [-0.15, -0.1) is 0 Å². The lowest BCUT2D eigenvalue weighted by atomic mass is 9.68. The second kappa shape index (κ2) is 12.2. The van der Waals surface area contributed by atoms with Gasteiger partial charge in [-0.2, -0.15) is 0 Å². The van der Waals surface area contributed by atoms with Gasteiger partial charge in [0.25, 0.3) is 0 Å². The van der Waals surface area contributed by atoms with E-state index in [4.69, 9.17) is 9.97 Å². The maximum absolute atomic E-state index is 11.1. The molecular formula is C51H44N2O. The van der Waals surface area contributed by atoms with Crippen molar-refractivity contribution < 1.29 is 5.11 Å². The van der Waals surface area contributed by atoms with E-state index in [0.717, 1.165) is 49.8 Å². The topological polar surface area (TPSA) is 46.0 Å². The first-order valence-corrected chi connectivity index (χ1v) is 18.9. The molecule has 54 heavy (non-hydrogen) atoms. The van der Waals surface area contributed by atoms with Gasteiger partial charge in [-0.1, -0.05) is 151 Å². The van der Waals surface area contributed by atoms with Crippen molar-refractivity contribution in [3.63, 3.8) is 0 Å². The third-order valence-corrected chi connectivity index (χ3v) is 11.4. The second-order valence-electron chi connectivity index (χ2n) is 16.8. The molecule has 0 aliphatic heterocycles. The lowest BCUT2D eigenvalue weighted by Gasteiger charge is -2.34. The molecule has 1 aliphatic carbocycles. The van der Waals surface area contributed by atoms with Crippen LogP contribution in [-0.2, 0) is 16.2 Å². The molecule has 0 fully saturated rings. The number of hydrogen-bond donors (Lipinski definition) is 1. The zero-order valence-electron chi connectivity index (χ0n) is 31.8. The number of phenols is 1. The molecule has 1 aliphatic rings. The Morgan fingerprint density at radius 2 is 1.15 bits per heavy atom. The van der Waals surface area contributed by atoms with Gasteiger partial charge in [0.1, 0.15) is 5.75 Å². The number of benzene rings is 6. The Bertz CT molecular complexity index is 2670. The molecule has 3 heteroatoms. The molecule has 2 aromatic heterocycles. The van der Waals surface area contributed by atoms with Crippen LogP contribution in [0.1, 0.15) is 75.1 Å². The fourth-order valence-corrected chi connectivity index (χ4v) is 8.50. The summed E-state index contributed by atoms with van der Waals surface area (Å²) in [6.45, 7) is 13.7. The first kappa shape index (κ1) is 33.8. The molecule has 0 atom stereocenters. The number of aromatic nitrogens is 2. The van der Waals surface area contributed by atoms with Crippen LogP contribution in [0.5, 0.6) is 5.75 Å². The highest BCUT2D eigenvalue weighted by atomic mass is 16.3. The van der Waals surface area contributed by atoms with E-state index in [9.17, 15) is 5.11 Å². The molecule has 3 nitrogen and oxygen atoms in total. The van der Waals surface area contributed by atoms with Crippen molar-refractivity contribution in [1.82, 2.24) is 9.97 Å². The van der Waals surface area contributed by atoms with Crippen molar-refractivity contribution in [1.29, 1.82) is 0 Å². The van der Waals surface area contributed by atoms with E-state index in [-0.39, 0.29) is 16.6 Å². The minimum Gasteiger partial charge on any atom is -0.507 e. The molecular weight excluding hydrogens is 657 g/mol. The van der Waals surface area contributed by atoms with E-state index in [1.165, 1.54) is 33.4 Å². The molecule has 0 saturated carbocycles. The van der Waals surface area contributed by atoms with Crippen molar-refractivity contribution in [2.75, 3.05) is 0 Å². The molecule has 0 amide bonds. The zero-order valence-corrected chi connectivity index (χ0v) is 31.8. The molecule has 6 aromatic carbocycles. The number of fused-ring (bicyclic) bond motifs is 6. The van der Waals surface area contributed by atoms with E-state index in [1.807, 2.05) is 36.5 Å².